The quantitative estimate of drug-likeness (QED) is 0.673. The van der Waals surface area contributed by atoms with Crippen LogP contribution in [0.25, 0.3) is 0 Å². The van der Waals surface area contributed by atoms with Crippen molar-refractivity contribution in [3.8, 4) is 0 Å². The third-order valence-electron chi connectivity index (χ3n) is 3.30. The number of carbonyl (C=O) groups excluding carboxylic acids is 1. The molecule has 2 rings (SSSR count). The fourth-order valence-electron chi connectivity index (χ4n) is 2.23. The lowest BCUT2D eigenvalue weighted by molar-refractivity contribution is -0.141. The van der Waals surface area contributed by atoms with E-state index in [1.807, 2.05) is 12.1 Å². The van der Waals surface area contributed by atoms with Gasteiger partial charge < -0.3 is 10.4 Å². The lowest BCUT2D eigenvalue weighted by atomic mass is 10.1. The van der Waals surface area contributed by atoms with Gasteiger partial charge in [-0.05, 0) is 51.9 Å². The molecular formula is C17H14F2INO3. The summed E-state index contributed by atoms with van der Waals surface area (Å²) >= 11 is 2.09. The van der Waals surface area contributed by atoms with Crippen LogP contribution in [-0.2, 0) is 22.4 Å². The highest BCUT2D eigenvalue weighted by Gasteiger charge is 2.21. The molecule has 2 aromatic rings. The number of nitrogens with one attached hydrogen (secondary N) is 1. The van der Waals surface area contributed by atoms with Crippen molar-refractivity contribution in [3.05, 3.63) is 68.8 Å². The molecule has 0 aliphatic rings. The summed E-state index contributed by atoms with van der Waals surface area (Å²) in [6.07, 6.45) is -0.179. The van der Waals surface area contributed by atoms with Crippen LogP contribution in [0.15, 0.2) is 42.5 Å². The summed E-state index contributed by atoms with van der Waals surface area (Å²) in [5.74, 6) is -3.36. The highest BCUT2D eigenvalue weighted by atomic mass is 127. The van der Waals surface area contributed by atoms with Crippen molar-refractivity contribution in [2.45, 2.75) is 18.9 Å². The van der Waals surface area contributed by atoms with Gasteiger partial charge in [0.05, 0.1) is 6.42 Å². The largest absolute Gasteiger partial charge is 0.480 e. The molecule has 2 aromatic carbocycles. The van der Waals surface area contributed by atoms with Crippen LogP contribution in [0.2, 0.25) is 0 Å². The topological polar surface area (TPSA) is 66.4 Å². The molecule has 0 aliphatic carbocycles. The molecule has 0 saturated carbocycles. The maximum Gasteiger partial charge on any atom is 0.326 e. The number of carboxylic acids is 1. The summed E-state index contributed by atoms with van der Waals surface area (Å²) in [5, 5.41) is 11.7. The number of halogens is 3. The highest BCUT2D eigenvalue weighted by molar-refractivity contribution is 14.1. The minimum atomic E-state index is -1.17. The molecule has 1 amide bonds. The zero-order valence-corrected chi connectivity index (χ0v) is 14.6. The van der Waals surface area contributed by atoms with Crippen molar-refractivity contribution in [1.29, 1.82) is 0 Å². The van der Waals surface area contributed by atoms with Gasteiger partial charge in [-0.15, -0.1) is 0 Å². The molecule has 126 valence electrons. The van der Waals surface area contributed by atoms with Crippen molar-refractivity contribution in [2.75, 3.05) is 0 Å². The highest BCUT2D eigenvalue weighted by Crippen LogP contribution is 2.14. The third-order valence-corrected chi connectivity index (χ3v) is 4.35. The van der Waals surface area contributed by atoms with Crippen LogP contribution < -0.4 is 5.32 Å². The molecule has 0 saturated heterocycles. The Labute approximate surface area is 151 Å². The van der Waals surface area contributed by atoms with Crippen LogP contribution in [0.1, 0.15) is 11.1 Å². The second kappa shape index (κ2) is 8.18. The van der Waals surface area contributed by atoms with Crippen molar-refractivity contribution >= 4 is 34.5 Å². The van der Waals surface area contributed by atoms with Gasteiger partial charge >= 0.3 is 5.97 Å². The Morgan fingerprint density at radius 3 is 2.33 bits per heavy atom. The van der Waals surface area contributed by atoms with E-state index in [4.69, 9.17) is 0 Å². The first-order valence-corrected chi connectivity index (χ1v) is 8.13. The lowest BCUT2D eigenvalue weighted by Crippen LogP contribution is -2.43. The molecule has 0 spiro atoms. The second-order valence-corrected chi connectivity index (χ2v) is 6.37. The fourth-order valence-corrected chi connectivity index (χ4v) is 2.84. The van der Waals surface area contributed by atoms with Crippen molar-refractivity contribution in [2.24, 2.45) is 0 Å². The van der Waals surface area contributed by atoms with E-state index in [9.17, 15) is 23.5 Å². The predicted molar refractivity (Wildman–Crippen MR) is 92.5 cm³/mol. The number of carboxylic acid groups (broad SMARTS) is 1. The van der Waals surface area contributed by atoms with Gasteiger partial charge in [-0.1, -0.05) is 18.2 Å². The van der Waals surface area contributed by atoms with Crippen LogP contribution in [0, 0.1) is 15.2 Å². The Bertz CT molecular complexity index is 747. The van der Waals surface area contributed by atoms with Crippen LogP contribution in [-0.4, -0.2) is 23.0 Å². The summed E-state index contributed by atoms with van der Waals surface area (Å²) < 4.78 is 27.2. The summed E-state index contributed by atoms with van der Waals surface area (Å²) in [7, 11) is 0. The monoisotopic (exact) mass is 445 g/mol. The van der Waals surface area contributed by atoms with E-state index in [2.05, 4.69) is 27.9 Å². The lowest BCUT2D eigenvalue weighted by Gasteiger charge is -2.15. The van der Waals surface area contributed by atoms with E-state index in [1.54, 1.807) is 12.1 Å². The summed E-state index contributed by atoms with van der Waals surface area (Å²) in [5.41, 5.74) is 0.936. The summed E-state index contributed by atoms with van der Waals surface area (Å²) in [6.45, 7) is 0. The SMILES string of the molecule is O=C(Cc1cc(F)cc(F)c1)N[C@H](Cc1ccccc1I)C(=O)O. The first-order chi connectivity index (χ1) is 11.3. The molecule has 0 heterocycles. The molecule has 4 nitrogen and oxygen atoms in total. The number of amides is 1. The summed E-state index contributed by atoms with van der Waals surface area (Å²) in [6, 6.07) is 8.91. The number of hydrogen-bond acceptors (Lipinski definition) is 2. The Balaban J connectivity index is 2.06. The van der Waals surface area contributed by atoms with Crippen molar-refractivity contribution in [3.63, 3.8) is 0 Å². The Morgan fingerprint density at radius 1 is 1.12 bits per heavy atom. The Kier molecular flexibility index (Phi) is 6.24. The molecule has 0 aliphatic heterocycles. The van der Waals surface area contributed by atoms with E-state index >= 15 is 0 Å². The first kappa shape index (κ1) is 18.3. The molecular weight excluding hydrogens is 431 g/mol. The van der Waals surface area contributed by atoms with Gasteiger partial charge in [0, 0.05) is 16.1 Å². The minimum Gasteiger partial charge on any atom is -0.480 e. The van der Waals surface area contributed by atoms with Crippen LogP contribution >= 0.6 is 22.6 Å². The summed E-state index contributed by atoms with van der Waals surface area (Å²) in [4.78, 5) is 23.4. The van der Waals surface area contributed by atoms with Gasteiger partial charge in [0.1, 0.15) is 17.7 Å². The smallest absolute Gasteiger partial charge is 0.326 e. The van der Waals surface area contributed by atoms with Gasteiger partial charge in [0.2, 0.25) is 5.91 Å². The van der Waals surface area contributed by atoms with Crippen molar-refractivity contribution < 1.29 is 23.5 Å². The van der Waals surface area contributed by atoms with Gasteiger partial charge in [-0.3, -0.25) is 4.79 Å². The standard InChI is InChI=1S/C17H14F2INO3/c18-12-5-10(6-13(19)9-12)7-16(22)21-15(17(23)24)8-11-3-1-2-4-14(11)20/h1-6,9,15H,7-8H2,(H,21,22)(H,23,24)/t15-/m1/s1. The molecule has 1 atom stereocenters. The zero-order chi connectivity index (χ0) is 17.7. The molecule has 24 heavy (non-hydrogen) atoms. The normalized spacial score (nSPS) is 11.8. The van der Waals surface area contributed by atoms with Crippen molar-refractivity contribution in [1.82, 2.24) is 5.32 Å². The molecule has 0 unspecified atom stereocenters. The number of benzene rings is 2. The van der Waals surface area contributed by atoms with Gasteiger partial charge in [0.15, 0.2) is 0 Å². The number of hydrogen-bond donors (Lipinski definition) is 2. The van der Waals surface area contributed by atoms with Crippen LogP contribution in [0.3, 0.4) is 0 Å². The Morgan fingerprint density at radius 2 is 1.75 bits per heavy atom. The number of carbonyl (C=O) groups is 2. The predicted octanol–water partition coefficient (Wildman–Crippen LogP) is 2.92. The van der Waals surface area contributed by atoms with E-state index in [0.29, 0.717) is 6.07 Å². The number of aliphatic carboxylic acids is 1. The van der Waals surface area contributed by atoms with Gasteiger partial charge in [-0.25, -0.2) is 13.6 Å². The Hall–Kier alpha value is -2.03. The zero-order valence-electron chi connectivity index (χ0n) is 12.4. The number of rotatable bonds is 6. The molecule has 0 aromatic heterocycles. The van der Waals surface area contributed by atoms with Gasteiger partial charge in [-0.2, -0.15) is 0 Å². The first-order valence-electron chi connectivity index (χ1n) is 7.05. The van der Waals surface area contributed by atoms with Gasteiger partial charge in [0.25, 0.3) is 0 Å². The molecule has 0 fully saturated rings. The maximum atomic E-state index is 13.1. The molecule has 0 radical (unpaired) electrons. The average Bonchev–Trinajstić information content (AvgIpc) is 2.47. The van der Waals surface area contributed by atoms with E-state index < -0.39 is 29.6 Å². The van der Waals surface area contributed by atoms with Crippen LogP contribution in [0.5, 0.6) is 0 Å². The van der Waals surface area contributed by atoms with E-state index in [-0.39, 0.29) is 18.4 Å². The minimum absolute atomic E-state index is 0.123. The average molecular weight is 445 g/mol. The van der Waals surface area contributed by atoms with E-state index in [1.165, 1.54) is 0 Å². The molecule has 0 bridgehead atoms. The molecule has 2 N–H and O–H groups in total. The third kappa shape index (κ3) is 5.26. The molecule has 7 heteroatoms. The fraction of sp³-hybridized carbons (Fsp3) is 0.176. The van der Waals surface area contributed by atoms with Crippen LogP contribution in [0.4, 0.5) is 8.78 Å². The van der Waals surface area contributed by atoms with E-state index in [0.717, 1.165) is 21.3 Å². The maximum absolute atomic E-state index is 13.1. The second-order valence-electron chi connectivity index (χ2n) is 5.21.